The zero-order valence-corrected chi connectivity index (χ0v) is 12.6. The molecule has 3 N–H and O–H groups in total. The lowest BCUT2D eigenvalue weighted by Crippen LogP contribution is -2.38. The zero-order valence-electron chi connectivity index (χ0n) is 12.6. The number of nitrogens with zero attached hydrogens (tertiary/aromatic N) is 2. The molecule has 0 aromatic heterocycles. The number of nitrogens with one attached hydrogen (secondary N) is 1. The van der Waals surface area contributed by atoms with Crippen LogP contribution in [-0.4, -0.2) is 44.2 Å². The van der Waals surface area contributed by atoms with Crippen LogP contribution in [0.3, 0.4) is 0 Å². The van der Waals surface area contributed by atoms with Crippen molar-refractivity contribution in [1.82, 2.24) is 5.32 Å². The molecule has 0 bridgehead atoms. The van der Waals surface area contributed by atoms with Crippen LogP contribution in [0.5, 0.6) is 0 Å². The van der Waals surface area contributed by atoms with Crippen LogP contribution in [0.1, 0.15) is 18.4 Å². The van der Waals surface area contributed by atoms with Crippen LogP contribution in [0.4, 0.5) is 5.69 Å². The van der Waals surface area contributed by atoms with Crippen LogP contribution in [0.25, 0.3) is 0 Å². The molecule has 1 atom stereocenters. The van der Waals surface area contributed by atoms with E-state index in [-0.39, 0.29) is 18.6 Å². The van der Waals surface area contributed by atoms with Gasteiger partial charge in [0.1, 0.15) is 6.54 Å². The molecule has 6 nitrogen and oxygen atoms in total. The Labute approximate surface area is 130 Å². The molecule has 0 aliphatic carbocycles. The monoisotopic (exact) mass is 302 g/mol. The highest BCUT2D eigenvalue weighted by atomic mass is 16.5. The molecule has 1 amide bonds. The van der Waals surface area contributed by atoms with E-state index < -0.39 is 0 Å². The number of nitrogens with two attached hydrogens (primary N) is 1. The van der Waals surface area contributed by atoms with E-state index in [0.29, 0.717) is 12.5 Å². The summed E-state index contributed by atoms with van der Waals surface area (Å²) in [6.07, 6.45) is 3.24. The van der Waals surface area contributed by atoms with Crippen molar-refractivity contribution < 1.29 is 9.53 Å². The summed E-state index contributed by atoms with van der Waals surface area (Å²) in [5.41, 5.74) is 8.01. The fourth-order valence-electron chi connectivity index (χ4n) is 2.92. The predicted molar refractivity (Wildman–Crippen MR) is 86.0 cm³/mol. The maximum Gasteiger partial charge on any atom is 0.248 e. The second-order valence-electron chi connectivity index (χ2n) is 5.64. The van der Waals surface area contributed by atoms with Gasteiger partial charge in [0.25, 0.3) is 0 Å². The van der Waals surface area contributed by atoms with Crippen molar-refractivity contribution in [2.75, 3.05) is 31.1 Å². The third kappa shape index (κ3) is 3.39. The van der Waals surface area contributed by atoms with Gasteiger partial charge in [-0.25, -0.2) is 4.99 Å². The molecule has 2 heterocycles. The molecule has 22 heavy (non-hydrogen) atoms. The molecule has 0 radical (unpaired) electrons. The second kappa shape index (κ2) is 6.79. The van der Waals surface area contributed by atoms with Gasteiger partial charge in [-0.15, -0.1) is 0 Å². The van der Waals surface area contributed by atoms with E-state index in [0.717, 1.165) is 38.1 Å². The van der Waals surface area contributed by atoms with E-state index in [4.69, 9.17) is 10.5 Å². The Morgan fingerprint density at radius 2 is 2.32 bits per heavy atom. The molecule has 1 saturated heterocycles. The maximum atomic E-state index is 12.3. The highest BCUT2D eigenvalue weighted by Gasteiger charge is 2.23. The first-order chi connectivity index (χ1) is 10.7. The number of aliphatic imine (C=N–C) groups is 1. The minimum Gasteiger partial charge on any atom is -0.376 e. The molecule has 118 valence electrons. The van der Waals surface area contributed by atoms with Gasteiger partial charge in [0.05, 0.1) is 6.10 Å². The van der Waals surface area contributed by atoms with E-state index in [1.165, 1.54) is 5.56 Å². The van der Waals surface area contributed by atoms with E-state index >= 15 is 0 Å². The van der Waals surface area contributed by atoms with Gasteiger partial charge < -0.3 is 20.7 Å². The Morgan fingerprint density at radius 1 is 1.45 bits per heavy atom. The Kier molecular flexibility index (Phi) is 4.58. The van der Waals surface area contributed by atoms with Crippen molar-refractivity contribution in [1.29, 1.82) is 0 Å². The fraction of sp³-hybridized carbons (Fsp3) is 0.500. The van der Waals surface area contributed by atoms with Crippen LogP contribution in [0.15, 0.2) is 29.3 Å². The number of amides is 1. The number of para-hydroxylation sites is 1. The zero-order chi connectivity index (χ0) is 15.4. The summed E-state index contributed by atoms with van der Waals surface area (Å²) < 4.78 is 5.50. The number of ether oxygens (including phenoxy) is 1. The number of guanidine groups is 1. The van der Waals surface area contributed by atoms with Crippen molar-refractivity contribution in [3.8, 4) is 0 Å². The Morgan fingerprint density at radius 3 is 3.14 bits per heavy atom. The fourth-order valence-corrected chi connectivity index (χ4v) is 2.92. The van der Waals surface area contributed by atoms with E-state index in [1.54, 1.807) is 4.90 Å². The van der Waals surface area contributed by atoms with Crippen LogP contribution in [-0.2, 0) is 16.0 Å². The third-order valence-electron chi connectivity index (χ3n) is 4.11. The van der Waals surface area contributed by atoms with Gasteiger partial charge in [-0.05, 0) is 30.9 Å². The topological polar surface area (TPSA) is 80.0 Å². The molecule has 1 fully saturated rings. The summed E-state index contributed by atoms with van der Waals surface area (Å²) in [4.78, 5) is 18.2. The number of carbonyl (C=O) groups is 1. The van der Waals surface area contributed by atoms with Gasteiger partial charge in [-0.3, -0.25) is 4.79 Å². The van der Waals surface area contributed by atoms with Crippen molar-refractivity contribution in [2.45, 2.75) is 25.4 Å². The van der Waals surface area contributed by atoms with Crippen molar-refractivity contribution in [3.05, 3.63) is 29.8 Å². The molecule has 1 unspecified atom stereocenters. The van der Waals surface area contributed by atoms with Crippen molar-refractivity contribution in [2.24, 2.45) is 10.7 Å². The molecular weight excluding hydrogens is 280 g/mol. The first-order valence-electron chi connectivity index (χ1n) is 7.77. The number of rotatable bonds is 4. The minimum atomic E-state index is -0.0215. The number of benzene rings is 1. The van der Waals surface area contributed by atoms with Crippen molar-refractivity contribution in [3.63, 3.8) is 0 Å². The average Bonchev–Trinajstić information content (AvgIpc) is 3.19. The van der Waals surface area contributed by atoms with Gasteiger partial charge in [0, 0.05) is 25.4 Å². The summed E-state index contributed by atoms with van der Waals surface area (Å²) >= 11 is 0. The molecule has 2 aliphatic rings. The van der Waals surface area contributed by atoms with E-state index in [2.05, 4.69) is 16.4 Å². The molecule has 6 heteroatoms. The number of hydrogen-bond acceptors (Lipinski definition) is 3. The number of fused-ring (bicyclic) bond motifs is 1. The summed E-state index contributed by atoms with van der Waals surface area (Å²) in [5, 5.41) is 3.02. The molecular formula is C16H22N4O2. The first-order valence-corrected chi connectivity index (χ1v) is 7.77. The normalized spacial score (nSPS) is 21.0. The number of anilines is 1. The van der Waals surface area contributed by atoms with Crippen LogP contribution >= 0.6 is 0 Å². The lowest BCUT2D eigenvalue weighted by atomic mass is 10.2. The Hall–Kier alpha value is -2.08. The van der Waals surface area contributed by atoms with Crippen molar-refractivity contribution >= 4 is 17.6 Å². The summed E-state index contributed by atoms with van der Waals surface area (Å²) in [7, 11) is 0. The minimum absolute atomic E-state index is 0.0215. The first kappa shape index (κ1) is 14.8. The molecule has 2 aliphatic heterocycles. The standard InChI is InChI=1S/C16H22N4O2/c17-16(18-10-13-5-3-9-22-13)19-11-15(21)20-8-7-12-4-1-2-6-14(12)20/h1-2,4,6,13H,3,5,7-11H2,(H3,17,18,19). The third-order valence-corrected chi connectivity index (χ3v) is 4.11. The maximum absolute atomic E-state index is 12.3. The number of hydrogen-bond donors (Lipinski definition) is 2. The van der Waals surface area contributed by atoms with Gasteiger partial charge in [0.2, 0.25) is 5.91 Å². The van der Waals surface area contributed by atoms with Crippen LogP contribution in [0, 0.1) is 0 Å². The summed E-state index contributed by atoms with van der Waals surface area (Å²) in [6.45, 7) is 2.25. The van der Waals surface area contributed by atoms with E-state index in [9.17, 15) is 4.79 Å². The lowest BCUT2D eigenvalue weighted by molar-refractivity contribution is -0.117. The molecule has 0 spiro atoms. The van der Waals surface area contributed by atoms with Gasteiger partial charge >= 0.3 is 0 Å². The summed E-state index contributed by atoms with van der Waals surface area (Å²) in [6, 6.07) is 7.98. The summed E-state index contributed by atoms with van der Waals surface area (Å²) in [5.74, 6) is 0.281. The Bertz CT molecular complexity index is 567. The van der Waals surface area contributed by atoms with Crippen LogP contribution < -0.4 is 16.0 Å². The Balaban J connectivity index is 1.50. The number of carbonyl (C=O) groups excluding carboxylic acids is 1. The molecule has 3 rings (SSSR count). The highest BCUT2D eigenvalue weighted by molar-refractivity contribution is 5.97. The van der Waals surface area contributed by atoms with Gasteiger partial charge in [0.15, 0.2) is 5.96 Å². The quantitative estimate of drug-likeness (QED) is 0.632. The second-order valence-corrected chi connectivity index (χ2v) is 5.64. The predicted octanol–water partition coefficient (Wildman–Crippen LogP) is 0.659. The average molecular weight is 302 g/mol. The molecule has 1 aromatic rings. The lowest BCUT2D eigenvalue weighted by Gasteiger charge is -2.16. The smallest absolute Gasteiger partial charge is 0.248 e. The SMILES string of the molecule is NC(=NCC(=O)N1CCc2ccccc21)NCC1CCCO1. The van der Waals surface area contributed by atoms with Gasteiger partial charge in [-0.2, -0.15) is 0 Å². The van der Waals surface area contributed by atoms with E-state index in [1.807, 2.05) is 18.2 Å². The highest BCUT2D eigenvalue weighted by Crippen LogP contribution is 2.27. The molecule has 0 saturated carbocycles. The van der Waals surface area contributed by atoms with Gasteiger partial charge in [-0.1, -0.05) is 18.2 Å². The molecule has 1 aromatic carbocycles. The van der Waals surface area contributed by atoms with Crippen LogP contribution in [0.2, 0.25) is 0 Å². The largest absolute Gasteiger partial charge is 0.376 e.